The number of carbonyl (C=O) groups is 1. The van der Waals surface area contributed by atoms with Gasteiger partial charge < -0.3 is 0 Å². The number of hydrogen-bond acceptors (Lipinski definition) is 5. The van der Waals surface area contributed by atoms with E-state index in [9.17, 15) is 22.0 Å². The molecule has 9 heteroatoms. The number of carbonyl (C=O) groups excluding carboxylic acids is 1. The van der Waals surface area contributed by atoms with Crippen LogP contribution >= 0.6 is 11.3 Å². The number of nitrogens with one attached hydrogen (secondary N) is 1. The first-order valence-corrected chi connectivity index (χ1v) is 10.1. The van der Waals surface area contributed by atoms with E-state index in [1.54, 1.807) is 11.4 Å². The van der Waals surface area contributed by atoms with Crippen LogP contribution in [0.1, 0.15) is 24.5 Å². The molecule has 0 spiro atoms. The lowest BCUT2D eigenvalue weighted by atomic mass is 10.1. The Morgan fingerprint density at radius 1 is 1.27 bits per heavy atom. The Morgan fingerprint density at radius 2 is 1.96 bits per heavy atom. The van der Waals surface area contributed by atoms with E-state index < -0.39 is 27.6 Å². The highest BCUT2D eigenvalue weighted by molar-refractivity contribution is 7.92. The van der Waals surface area contributed by atoms with Crippen molar-refractivity contribution < 1.29 is 22.0 Å². The van der Waals surface area contributed by atoms with Gasteiger partial charge in [0.2, 0.25) is 0 Å². The minimum Gasteiger partial charge on any atom is -0.266 e. The first-order valence-electron chi connectivity index (χ1n) is 7.69. The van der Waals surface area contributed by atoms with Crippen LogP contribution in [0.4, 0.5) is 8.78 Å². The average Bonchev–Trinajstić information content (AvgIpc) is 3.24. The molecule has 1 aliphatic rings. The van der Waals surface area contributed by atoms with Gasteiger partial charge in [0.15, 0.2) is 0 Å². The van der Waals surface area contributed by atoms with E-state index in [1.165, 1.54) is 12.1 Å². The normalized spacial score (nSPS) is 14.1. The summed E-state index contributed by atoms with van der Waals surface area (Å²) in [4.78, 5) is 16.2. The maximum absolute atomic E-state index is 13.8. The van der Waals surface area contributed by atoms with Crippen LogP contribution in [-0.4, -0.2) is 20.0 Å². The third-order valence-corrected chi connectivity index (χ3v) is 6.69. The van der Waals surface area contributed by atoms with Crippen LogP contribution in [-0.2, 0) is 21.2 Å². The Hall–Kier alpha value is -2.39. The van der Waals surface area contributed by atoms with Gasteiger partial charge in [-0.05, 0) is 41.6 Å². The van der Waals surface area contributed by atoms with E-state index in [0.29, 0.717) is 12.0 Å². The van der Waals surface area contributed by atoms with Gasteiger partial charge in [-0.3, -0.25) is 4.79 Å². The summed E-state index contributed by atoms with van der Waals surface area (Å²) in [5, 5.41) is 1.63. The van der Waals surface area contributed by atoms with E-state index in [0.717, 1.165) is 23.5 Å². The third kappa shape index (κ3) is 3.45. The lowest BCUT2D eigenvalue weighted by molar-refractivity contribution is -0.115. The number of allylic oxidation sites excluding steroid dienone is 1. The molecule has 0 saturated carbocycles. The Morgan fingerprint density at radius 3 is 2.62 bits per heavy atom. The molecule has 1 aliphatic heterocycles. The lowest BCUT2D eigenvalue weighted by Crippen LogP contribution is -2.31. The summed E-state index contributed by atoms with van der Waals surface area (Å²) >= 11 is 1.01. The van der Waals surface area contributed by atoms with Crippen LogP contribution in [0.2, 0.25) is 0 Å². The molecule has 3 rings (SSSR count). The lowest BCUT2D eigenvalue weighted by Gasteiger charge is -2.06. The van der Waals surface area contributed by atoms with Crippen molar-refractivity contribution in [1.82, 2.24) is 4.72 Å². The smallest absolute Gasteiger partial charge is 0.266 e. The topological polar surface area (TPSA) is 75.6 Å². The number of benzene rings is 1. The van der Waals surface area contributed by atoms with Crippen LogP contribution in [0.3, 0.4) is 0 Å². The van der Waals surface area contributed by atoms with E-state index in [2.05, 4.69) is 4.99 Å². The number of thiophene rings is 1. The number of aryl methyl sites for hydroxylation is 1. The van der Waals surface area contributed by atoms with Crippen LogP contribution in [0.15, 0.2) is 50.6 Å². The van der Waals surface area contributed by atoms with Gasteiger partial charge in [-0.25, -0.2) is 26.9 Å². The molecule has 26 heavy (non-hydrogen) atoms. The van der Waals surface area contributed by atoms with Crippen molar-refractivity contribution in [3.63, 3.8) is 0 Å². The fourth-order valence-corrected chi connectivity index (χ4v) is 5.06. The second kappa shape index (κ2) is 7.08. The number of hydrogen-bond donors (Lipinski definition) is 1. The van der Waals surface area contributed by atoms with Crippen molar-refractivity contribution in [1.29, 1.82) is 0 Å². The summed E-state index contributed by atoms with van der Waals surface area (Å²) in [7, 11) is -4.03. The van der Waals surface area contributed by atoms with Gasteiger partial charge in [0.1, 0.15) is 21.5 Å². The highest BCUT2D eigenvalue weighted by atomic mass is 32.2. The van der Waals surface area contributed by atoms with Gasteiger partial charge in [-0.2, -0.15) is 0 Å². The van der Waals surface area contributed by atoms with Crippen molar-refractivity contribution in [2.75, 3.05) is 0 Å². The van der Waals surface area contributed by atoms with Crippen LogP contribution in [0, 0.1) is 11.6 Å². The second-order valence-electron chi connectivity index (χ2n) is 5.47. The summed E-state index contributed by atoms with van der Waals surface area (Å²) in [6, 6.07) is 5.08. The Kier molecular flexibility index (Phi) is 5.01. The van der Waals surface area contributed by atoms with E-state index >= 15 is 0 Å². The molecule has 2 heterocycles. The number of rotatable bonds is 5. The molecule has 0 atom stereocenters. The zero-order valence-corrected chi connectivity index (χ0v) is 15.3. The quantitative estimate of drug-likeness (QED) is 0.844. The average molecular weight is 396 g/mol. The first kappa shape index (κ1) is 18.4. The number of halogens is 2. The minimum atomic E-state index is -4.03. The molecule has 1 aromatic heterocycles. The van der Waals surface area contributed by atoms with E-state index in [4.69, 9.17) is 0 Å². The number of amides is 1. The van der Waals surface area contributed by atoms with Gasteiger partial charge in [0.25, 0.3) is 15.9 Å². The summed E-state index contributed by atoms with van der Waals surface area (Å²) in [6.45, 7) is 1.81. The van der Waals surface area contributed by atoms with Gasteiger partial charge >= 0.3 is 0 Å². The molecule has 1 N–H and O–H groups in total. The fraction of sp³-hybridized carbons (Fsp3) is 0.176. The molecule has 1 aromatic carbocycles. The number of sulfonamides is 1. The summed E-state index contributed by atoms with van der Waals surface area (Å²) in [6.07, 6.45) is 1.87. The van der Waals surface area contributed by atoms with Crippen LogP contribution in [0.5, 0.6) is 0 Å². The molecule has 2 aromatic rings. The Bertz CT molecular complexity index is 1020. The van der Waals surface area contributed by atoms with Crippen molar-refractivity contribution in [2.45, 2.75) is 24.0 Å². The summed E-state index contributed by atoms with van der Waals surface area (Å²) < 4.78 is 54.5. The first-order chi connectivity index (χ1) is 12.3. The SMILES string of the molecule is CCc1ccsc1S(=O)(=O)NC(=O)C1=CCC(c2c(F)cccc2F)=N1. The number of nitrogens with zero attached hydrogens (tertiary/aromatic N) is 1. The number of aliphatic imine (C=N–C) groups is 1. The summed E-state index contributed by atoms with van der Waals surface area (Å²) in [5.74, 6) is -2.53. The van der Waals surface area contributed by atoms with Gasteiger partial charge in [-0.1, -0.05) is 13.0 Å². The van der Waals surface area contributed by atoms with Crippen molar-refractivity contribution in [3.05, 3.63) is 64.2 Å². The zero-order valence-electron chi connectivity index (χ0n) is 13.6. The standard InChI is InChI=1S/C17H14F2N2O3S2/c1-2-10-8-9-25-17(10)26(23,24)21-16(22)14-7-6-13(20-14)15-11(18)4-3-5-12(15)19/h3-5,7-9H,2,6H2,1H3,(H,21,22). The molecule has 5 nitrogen and oxygen atoms in total. The molecule has 0 aliphatic carbocycles. The highest BCUT2D eigenvalue weighted by Gasteiger charge is 2.26. The third-order valence-electron chi connectivity index (χ3n) is 3.79. The van der Waals surface area contributed by atoms with Crippen LogP contribution in [0.25, 0.3) is 0 Å². The molecular formula is C17H14F2N2O3S2. The maximum atomic E-state index is 13.8. The molecule has 0 bridgehead atoms. The fourth-order valence-electron chi connectivity index (χ4n) is 2.55. The van der Waals surface area contributed by atoms with Crippen LogP contribution < -0.4 is 4.72 Å². The molecule has 0 radical (unpaired) electrons. The van der Waals surface area contributed by atoms with Crippen molar-refractivity contribution in [3.8, 4) is 0 Å². The monoisotopic (exact) mass is 396 g/mol. The molecule has 1 amide bonds. The van der Waals surface area contributed by atoms with E-state index in [-0.39, 0.29) is 27.6 Å². The van der Waals surface area contributed by atoms with E-state index in [1.807, 2.05) is 11.6 Å². The predicted molar refractivity (Wildman–Crippen MR) is 94.6 cm³/mol. The highest BCUT2D eigenvalue weighted by Crippen LogP contribution is 2.25. The molecule has 0 unspecified atom stereocenters. The predicted octanol–water partition coefficient (Wildman–Crippen LogP) is 3.17. The molecule has 0 fully saturated rings. The Labute approximate surface area is 153 Å². The molecular weight excluding hydrogens is 382 g/mol. The van der Waals surface area contributed by atoms with Gasteiger partial charge in [0, 0.05) is 6.42 Å². The van der Waals surface area contributed by atoms with Crippen molar-refractivity contribution in [2.24, 2.45) is 4.99 Å². The van der Waals surface area contributed by atoms with Crippen molar-refractivity contribution >= 4 is 33.0 Å². The van der Waals surface area contributed by atoms with Gasteiger partial charge in [-0.15, -0.1) is 11.3 Å². The maximum Gasteiger partial charge on any atom is 0.283 e. The minimum absolute atomic E-state index is 0.0276. The zero-order chi connectivity index (χ0) is 18.9. The largest absolute Gasteiger partial charge is 0.283 e. The second-order valence-corrected chi connectivity index (χ2v) is 8.26. The summed E-state index contributed by atoms with van der Waals surface area (Å²) in [5.41, 5.74) is 0.128. The molecule has 0 saturated heterocycles. The molecule has 136 valence electrons. The Balaban J connectivity index is 1.83. The van der Waals surface area contributed by atoms with Gasteiger partial charge in [0.05, 0.1) is 11.3 Å².